The average molecular weight is 485 g/mol. The van der Waals surface area contributed by atoms with Crippen molar-refractivity contribution in [3.05, 3.63) is 41.3 Å². The fourth-order valence-corrected chi connectivity index (χ4v) is 4.48. The van der Waals surface area contributed by atoms with Gasteiger partial charge in [0.25, 0.3) is 11.8 Å². The van der Waals surface area contributed by atoms with Gasteiger partial charge in [-0.25, -0.2) is 0 Å². The molecule has 0 radical (unpaired) electrons. The first-order valence-corrected chi connectivity index (χ1v) is 12.3. The van der Waals surface area contributed by atoms with Crippen LogP contribution in [0.25, 0.3) is 0 Å². The van der Waals surface area contributed by atoms with Crippen molar-refractivity contribution >= 4 is 17.5 Å². The molecular formula is C26H36N4O5. The minimum absolute atomic E-state index is 0.0973. The molecule has 0 unspecified atom stereocenters. The van der Waals surface area contributed by atoms with Crippen LogP contribution in [0.2, 0.25) is 0 Å². The summed E-state index contributed by atoms with van der Waals surface area (Å²) in [4.78, 5) is 30.2. The molecule has 1 saturated carbocycles. The molecule has 1 N–H and O–H groups in total. The molecule has 1 fully saturated rings. The Morgan fingerprint density at radius 1 is 1.23 bits per heavy atom. The third kappa shape index (κ3) is 6.21. The van der Waals surface area contributed by atoms with E-state index in [1.165, 1.54) is 12.8 Å². The van der Waals surface area contributed by atoms with Crippen LogP contribution in [0.5, 0.6) is 5.75 Å². The molecule has 4 rings (SSSR count). The second kappa shape index (κ2) is 10.8. The summed E-state index contributed by atoms with van der Waals surface area (Å²) in [5, 5.41) is 6.55. The zero-order valence-corrected chi connectivity index (χ0v) is 21.2. The van der Waals surface area contributed by atoms with Gasteiger partial charge in [0.15, 0.2) is 5.69 Å². The van der Waals surface area contributed by atoms with E-state index in [2.05, 4.69) is 29.2 Å². The first kappa shape index (κ1) is 25.2. The number of carbonyl (C=O) groups is 2. The van der Waals surface area contributed by atoms with Gasteiger partial charge in [-0.05, 0) is 56.7 Å². The van der Waals surface area contributed by atoms with Crippen molar-refractivity contribution in [1.82, 2.24) is 15.0 Å². The zero-order chi connectivity index (χ0) is 25.1. The van der Waals surface area contributed by atoms with Crippen LogP contribution in [-0.4, -0.2) is 79.3 Å². The number of rotatable bonds is 5. The number of aryl methyl sites for hydroxylation is 1. The lowest BCUT2D eigenvalue weighted by Crippen LogP contribution is -2.47. The highest BCUT2D eigenvalue weighted by molar-refractivity contribution is 6.04. The highest BCUT2D eigenvalue weighted by Crippen LogP contribution is 2.32. The number of nitrogens with zero attached hydrogens (tertiary/aromatic N) is 3. The number of carbonyl (C=O) groups excluding carboxylic acids is 2. The summed E-state index contributed by atoms with van der Waals surface area (Å²) < 4.78 is 17.0. The van der Waals surface area contributed by atoms with Crippen molar-refractivity contribution in [2.45, 2.75) is 45.8 Å². The Hall–Kier alpha value is -2.91. The molecule has 0 bridgehead atoms. The standard InChI is InChI=1S/C26H36N4O5/c1-16-12-30(13-19-6-7-19)17(2)15-34-23-9-8-20(27-25(31)22-10-18(3)35-28-22)11-21(23)26(32)29(4)14-24(16)33-5/h8-11,16-17,19,24H,6-7,12-15H2,1-5H3,(H,27,31)/t16-,17+,24-/m0/s1. The molecule has 190 valence electrons. The van der Waals surface area contributed by atoms with E-state index in [0.29, 0.717) is 35.9 Å². The van der Waals surface area contributed by atoms with Crippen LogP contribution in [-0.2, 0) is 4.74 Å². The largest absolute Gasteiger partial charge is 0.491 e. The van der Waals surface area contributed by atoms with E-state index in [1.54, 1.807) is 50.2 Å². The van der Waals surface area contributed by atoms with Gasteiger partial charge in [0, 0.05) is 51.6 Å². The van der Waals surface area contributed by atoms with Crippen molar-refractivity contribution in [2.75, 3.05) is 45.7 Å². The lowest BCUT2D eigenvalue weighted by molar-refractivity contribution is 0.00994. The first-order valence-electron chi connectivity index (χ1n) is 12.3. The van der Waals surface area contributed by atoms with Gasteiger partial charge in [0.2, 0.25) is 0 Å². The van der Waals surface area contributed by atoms with Crippen molar-refractivity contribution in [2.24, 2.45) is 11.8 Å². The molecule has 3 atom stereocenters. The number of likely N-dealkylation sites (N-methyl/N-ethyl adjacent to an activating group) is 1. The maximum atomic E-state index is 13.5. The van der Waals surface area contributed by atoms with Gasteiger partial charge >= 0.3 is 0 Å². The van der Waals surface area contributed by atoms with Crippen molar-refractivity contribution < 1.29 is 23.6 Å². The van der Waals surface area contributed by atoms with E-state index in [-0.39, 0.29) is 29.7 Å². The van der Waals surface area contributed by atoms with Gasteiger partial charge in [-0.1, -0.05) is 12.1 Å². The molecule has 1 aromatic carbocycles. The summed E-state index contributed by atoms with van der Waals surface area (Å²) in [6.07, 6.45) is 2.48. The normalized spacial score (nSPS) is 24.2. The Balaban J connectivity index is 1.60. The average Bonchev–Trinajstić information content (AvgIpc) is 3.55. The molecule has 2 amide bonds. The second-order valence-electron chi connectivity index (χ2n) is 9.98. The molecule has 2 aromatic rings. The fraction of sp³-hybridized carbons (Fsp3) is 0.577. The van der Waals surface area contributed by atoms with Crippen molar-refractivity contribution in [3.8, 4) is 5.75 Å². The van der Waals surface area contributed by atoms with Crippen molar-refractivity contribution in [1.29, 1.82) is 0 Å². The Morgan fingerprint density at radius 2 is 2.00 bits per heavy atom. The molecule has 9 heteroatoms. The second-order valence-corrected chi connectivity index (χ2v) is 9.98. The molecule has 1 aliphatic heterocycles. The number of fused-ring (bicyclic) bond motifs is 1. The summed E-state index contributed by atoms with van der Waals surface area (Å²) in [6, 6.07) is 6.88. The maximum Gasteiger partial charge on any atom is 0.277 e. The lowest BCUT2D eigenvalue weighted by Gasteiger charge is -2.36. The minimum Gasteiger partial charge on any atom is -0.491 e. The number of ether oxygens (including phenoxy) is 2. The summed E-state index contributed by atoms with van der Waals surface area (Å²) in [7, 11) is 3.47. The van der Waals surface area contributed by atoms with Crippen LogP contribution >= 0.6 is 0 Å². The van der Waals surface area contributed by atoms with Gasteiger partial charge in [-0.15, -0.1) is 0 Å². The van der Waals surface area contributed by atoms with Crippen LogP contribution < -0.4 is 10.1 Å². The monoisotopic (exact) mass is 484 g/mol. The van der Waals surface area contributed by atoms with Crippen LogP contribution in [0, 0.1) is 18.8 Å². The summed E-state index contributed by atoms with van der Waals surface area (Å²) >= 11 is 0. The van der Waals surface area contributed by atoms with E-state index in [9.17, 15) is 9.59 Å². The predicted molar refractivity (Wildman–Crippen MR) is 132 cm³/mol. The summed E-state index contributed by atoms with van der Waals surface area (Å²) in [5.41, 5.74) is 1.05. The van der Waals surface area contributed by atoms with E-state index in [0.717, 1.165) is 19.0 Å². The number of methoxy groups -OCH3 is 1. The molecule has 1 aliphatic carbocycles. The Labute approximate surface area is 206 Å². The number of hydrogen-bond acceptors (Lipinski definition) is 7. The van der Waals surface area contributed by atoms with E-state index in [1.807, 2.05) is 0 Å². The smallest absolute Gasteiger partial charge is 0.277 e. The van der Waals surface area contributed by atoms with E-state index in [4.69, 9.17) is 14.0 Å². The lowest BCUT2D eigenvalue weighted by atomic mass is 10.0. The van der Waals surface area contributed by atoms with Crippen LogP contribution in [0.4, 0.5) is 5.69 Å². The summed E-state index contributed by atoms with van der Waals surface area (Å²) in [6.45, 7) is 8.93. The maximum absolute atomic E-state index is 13.5. The number of nitrogens with one attached hydrogen (secondary N) is 1. The molecule has 1 aromatic heterocycles. The van der Waals surface area contributed by atoms with Gasteiger partial charge in [0.05, 0.1) is 11.7 Å². The summed E-state index contributed by atoms with van der Waals surface area (Å²) in [5.74, 6) is 1.45. The Bertz CT molecular complexity index is 1050. The molecule has 35 heavy (non-hydrogen) atoms. The number of aromatic nitrogens is 1. The number of hydrogen-bond donors (Lipinski definition) is 1. The van der Waals surface area contributed by atoms with E-state index < -0.39 is 5.91 Å². The van der Waals surface area contributed by atoms with Gasteiger partial charge in [-0.3, -0.25) is 14.5 Å². The topological polar surface area (TPSA) is 97.1 Å². The third-order valence-corrected chi connectivity index (χ3v) is 6.88. The highest BCUT2D eigenvalue weighted by atomic mass is 16.5. The zero-order valence-electron chi connectivity index (χ0n) is 21.2. The van der Waals surface area contributed by atoms with Crippen LogP contribution in [0.3, 0.4) is 0 Å². The third-order valence-electron chi connectivity index (χ3n) is 6.88. The molecule has 0 saturated heterocycles. The Morgan fingerprint density at radius 3 is 2.66 bits per heavy atom. The van der Waals surface area contributed by atoms with E-state index >= 15 is 0 Å². The highest BCUT2D eigenvalue weighted by Gasteiger charge is 2.31. The molecule has 2 heterocycles. The van der Waals surface area contributed by atoms with Crippen LogP contribution in [0.15, 0.2) is 28.8 Å². The van der Waals surface area contributed by atoms with Crippen LogP contribution in [0.1, 0.15) is 53.3 Å². The Kier molecular flexibility index (Phi) is 7.76. The minimum atomic E-state index is -0.408. The predicted octanol–water partition coefficient (Wildman–Crippen LogP) is 3.45. The molecule has 2 aliphatic rings. The van der Waals surface area contributed by atoms with Gasteiger partial charge in [0.1, 0.15) is 18.1 Å². The van der Waals surface area contributed by atoms with Crippen molar-refractivity contribution in [3.63, 3.8) is 0 Å². The first-order chi connectivity index (χ1) is 16.7. The fourth-order valence-electron chi connectivity index (χ4n) is 4.48. The quantitative estimate of drug-likeness (QED) is 0.694. The SMILES string of the molecule is CO[C@H]1CN(C)C(=O)c2cc(NC(=O)c3cc(C)on3)ccc2OC[C@@H](C)N(CC2CC2)C[C@@H]1C. The van der Waals surface area contributed by atoms with Gasteiger partial charge < -0.3 is 24.2 Å². The number of anilines is 1. The number of amides is 2. The molecule has 0 spiro atoms. The number of benzene rings is 1. The van der Waals surface area contributed by atoms with Gasteiger partial charge in [-0.2, -0.15) is 0 Å². The molecule has 9 nitrogen and oxygen atoms in total. The molecular weight excluding hydrogens is 448 g/mol.